The molecule has 0 amide bonds. The number of rotatable bonds is 3. The van der Waals surface area contributed by atoms with Crippen LogP contribution in [0.1, 0.15) is 0 Å². The van der Waals surface area contributed by atoms with Gasteiger partial charge in [-0.25, -0.2) is 4.79 Å². The number of hydrogen-bond donors (Lipinski definition) is 0. The summed E-state index contributed by atoms with van der Waals surface area (Å²) in [5.74, 6) is 0.0367. The summed E-state index contributed by atoms with van der Waals surface area (Å²) in [6.45, 7) is -0.0617. The van der Waals surface area contributed by atoms with Crippen LogP contribution in [0.2, 0.25) is 0 Å². The van der Waals surface area contributed by atoms with E-state index in [0.29, 0.717) is 5.75 Å². The third-order valence-corrected chi connectivity index (χ3v) is 2.65. The van der Waals surface area contributed by atoms with Crippen molar-refractivity contribution in [2.75, 3.05) is 13.7 Å². The van der Waals surface area contributed by atoms with Gasteiger partial charge in [-0.1, -0.05) is 6.07 Å². The Bertz CT molecular complexity index is 319. The maximum atomic E-state index is 11.1. The van der Waals surface area contributed by atoms with Gasteiger partial charge in [-0.2, -0.15) is 0 Å². The van der Waals surface area contributed by atoms with Gasteiger partial charge in [0.25, 0.3) is 0 Å². The van der Waals surface area contributed by atoms with E-state index in [1.54, 1.807) is 12.1 Å². The van der Waals surface area contributed by atoms with Crippen LogP contribution in [0, 0.1) is 0 Å². The van der Waals surface area contributed by atoms with Gasteiger partial charge in [0.1, 0.15) is 6.61 Å². The maximum Gasteiger partial charge on any atom is 0.337 e. The van der Waals surface area contributed by atoms with Gasteiger partial charge in [0, 0.05) is 7.11 Å². The number of carbonyl (C=O) groups excluding carboxylic acids is 1. The molecule has 3 nitrogen and oxygen atoms in total. The molecule has 5 heteroatoms. The lowest BCUT2D eigenvalue weighted by Gasteiger charge is -2.07. The highest BCUT2D eigenvalue weighted by atomic mass is 79.9. The summed E-state index contributed by atoms with van der Waals surface area (Å²) in [7, 11) is 1.44. The van der Waals surface area contributed by atoms with Crippen molar-refractivity contribution in [2.45, 2.75) is 0 Å². The van der Waals surface area contributed by atoms with Crippen molar-refractivity contribution >= 4 is 37.8 Å². The van der Waals surface area contributed by atoms with Gasteiger partial charge in [0.15, 0.2) is 5.75 Å². The maximum absolute atomic E-state index is 11.1. The summed E-state index contributed by atoms with van der Waals surface area (Å²) in [6.07, 6.45) is 0. The van der Waals surface area contributed by atoms with E-state index in [1.165, 1.54) is 7.11 Å². The van der Waals surface area contributed by atoms with Crippen LogP contribution in [0.4, 0.5) is 0 Å². The standard InChI is InChI=1S/C9H8Br2O3/c1-13-5-8(12)14-9-6(10)3-2-4-7(9)11/h2-4H,5H2,1H3. The molecule has 1 aromatic carbocycles. The van der Waals surface area contributed by atoms with Crippen molar-refractivity contribution in [2.24, 2.45) is 0 Å². The smallest absolute Gasteiger partial charge is 0.337 e. The summed E-state index contributed by atoms with van der Waals surface area (Å²) in [6, 6.07) is 5.42. The number of ether oxygens (including phenoxy) is 2. The van der Waals surface area contributed by atoms with E-state index in [4.69, 9.17) is 4.74 Å². The number of hydrogen-bond acceptors (Lipinski definition) is 3. The first kappa shape index (κ1) is 11.7. The van der Waals surface area contributed by atoms with Crippen LogP contribution in [-0.2, 0) is 9.53 Å². The molecule has 0 spiro atoms. The van der Waals surface area contributed by atoms with E-state index in [0.717, 1.165) is 8.95 Å². The first-order chi connectivity index (χ1) is 6.65. The molecule has 0 unspecified atom stereocenters. The summed E-state index contributed by atoms with van der Waals surface area (Å²) in [5.41, 5.74) is 0. The number of para-hydroxylation sites is 1. The lowest BCUT2D eigenvalue weighted by atomic mass is 10.3. The molecule has 0 radical (unpaired) electrons. The molecule has 0 N–H and O–H groups in total. The third-order valence-electron chi connectivity index (χ3n) is 1.40. The van der Waals surface area contributed by atoms with Crippen molar-refractivity contribution < 1.29 is 14.3 Å². The summed E-state index contributed by atoms with van der Waals surface area (Å²) >= 11 is 6.56. The van der Waals surface area contributed by atoms with Crippen molar-refractivity contribution in [3.63, 3.8) is 0 Å². The molecule has 0 saturated heterocycles. The number of benzene rings is 1. The van der Waals surface area contributed by atoms with E-state index in [2.05, 4.69) is 36.6 Å². The van der Waals surface area contributed by atoms with Gasteiger partial charge in [-0.3, -0.25) is 0 Å². The van der Waals surface area contributed by atoms with Crippen LogP contribution in [0.3, 0.4) is 0 Å². The number of halogens is 2. The molecule has 76 valence electrons. The first-order valence-electron chi connectivity index (χ1n) is 3.78. The molecule has 1 aromatic rings. The third kappa shape index (κ3) is 3.08. The Morgan fingerprint density at radius 2 is 1.93 bits per heavy atom. The lowest BCUT2D eigenvalue weighted by molar-refractivity contribution is -0.138. The lowest BCUT2D eigenvalue weighted by Crippen LogP contribution is -2.14. The summed E-state index contributed by atoms with van der Waals surface area (Å²) < 4.78 is 11.1. The molecule has 1 rings (SSSR count). The molecule has 0 heterocycles. The van der Waals surface area contributed by atoms with Crippen LogP contribution in [0.25, 0.3) is 0 Å². The summed E-state index contributed by atoms with van der Waals surface area (Å²) in [4.78, 5) is 11.1. The van der Waals surface area contributed by atoms with Crippen LogP contribution in [0.15, 0.2) is 27.1 Å². The van der Waals surface area contributed by atoms with E-state index < -0.39 is 5.97 Å². The molecule has 0 fully saturated rings. The van der Waals surface area contributed by atoms with Gasteiger partial charge in [0.05, 0.1) is 8.95 Å². The van der Waals surface area contributed by atoms with Gasteiger partial charge in [-0.15, -0.1) is 0 Å². The fraction of sp³-hybridized carbons (Fsp3) is 0.222. The largest absolute Gasteiger partial charge is 0.422 e. The minimum atomic E-state index is -0.430. The average Bonchev–Trinajstić information content (AvgIpc) is 2.12. The normalized spacial score (nSPS) is 9.93. The second kappa shape index (κ2) is 5.48. The Hall–Kier alpha value is -0.390. The van der Waals surface area contributed by atoms with E-state index in [9.17, 15) is 4.79 Å². The van der Waals surface area contributed by atoms with Gasteiger partial charge in [-0.05, 0) is 44.0 Å². The zero-order valence-electron chi connectivity index (χ0n) is 7.42. The van der Waals surface area contributed by atoms with E-state index >= 15 is 0 Å². The molecular weight excluding hydrogens is 316 g/mol. The molecule has 0 aliphatic heterocycles. The van der Waals surface area contributed by atoms with Crippen molar-refractivity contribution in [3.05, 3.63) is 27.1 Å². The average molecular weight is 324 g/mol. The zero-order chi connectivity index (χ0) is 10.6. The predicted molar refractivity (Wildman–Crippen MR) is 59.4 cm³/mol. The molecule has 0 atom stereocenters. The Kier molecular flexibility index (Phi) is 4.57. The SMILES string of the molecule is COCC(=O)Oc1c(Br)cccc1Br. The van der Waals surface area contributed by atoms with Crippen molar-refractivity contribution in [1.29, 1.82) is 0 Å². The topological polar surface area (TPSA) is 35.5 Å². The minimum absolute atomic E-state index is 0.0617. The second-order valence-corrected chi connectivity index (χ2v) is 4.17. The Labute approximate surface area is 98.6 Å². The Balaban J connectivity index is 2.80. The molecular formula is C9H8Br2O3. The molecule has 0 aliphatic rings. The monoisotopic (exact) mass is 322 g/mol. The Morgan fingerprint density at radius 1 is 1.36 bits per heavy atom. The highest BCUT2D eigenvalue weighted by Crippen LogP contribution is 2.32. The highest BCUT2D eigenvalue weighted by molar-refractivity contribution is 9.11. The Morgan fingerprint density at radius 3 is 2.43 bits per heavy atom. The van der Waals surface area contributed by atoms with Crippen LogP contribution in [0.5, 0.6) is 5.75 Å². The van der Waals surface area contributed by atoms with Gasteiger partial charge in [0.2, 0.25) is 0 Å². The molecule has 0 aromatic heterocycles. The van der Waals surface area contributed by atoms with Crippen LogP contribution < -0.4 is 4.74 Å². The molecule has 14 heavy (non-hydrogen) atoms. The fourth-order valence-electron chi connectivity index (χ4n) is 0.841. The second-order valence-electron chi connectivity index (χ2n) is 2.46. The molecule has 0 bridgehead atoms. The molecule has 0 aliphatic carbocycles. The minimum Gasteiger partial charge on any atom is -0.422 e. The quantitative estimate of drug-likeness (QED) is 0.634. The van der Waals surface area contributed by atoms with E-state index in [1.807, 2.05) is 6.07 Å². The summed E-state index contributed by atoms with van der Waals surface area (Å²) in [5, 5.41) is 0. The highest BCUT2D eigenvalue weighted by Gasteiger charge is 2.10. The van der Waals surface area contributed by atoms with Crippen LogP contribution in [-0.4, -0.2) is 19.7 Å². The number of carbonyl (C=O) groups is 1. The number of esters is 1. The predicted octanol–water partition coefficient (Wildman–Crippen LogP) is 2.76. The number of methoxy groups -OCH3 is 1. The van der Waals surface area contributed by atoms with Crippen molar-refractivity contribution in [3.8, 4) is 5.75 Å². The van der Waals surface area contributed by atoms with E-state index in [-0.39, 0.29) is 6.61 Å². The van der Waals surface area contributed by atoms with Gasteiger partial charge >= 0.3 is 5.97 Å². The van der Waals surface area contributed by atoms with Crippen LogP contribution >= 0.6 is 31.9 Å². The van der Waals surface area contributed by atoms with Gasteiger partial charge < -0.3 is 9.47 Å². The fourth-order valence-corrected chi connectivity index (χ4v) is 2.00. The zero-order valence-corrected chi connectivity index (χ0v) is 10.6. The van der Waals surface area contributed by atoms with Crippen molar-refractivity contribution in [1.82, 2.24) is 0 Å². The first-order valence-corrected chi connectivity index (χ1v) is 5.37. The molecule has 0 saturated carbocycles.